The number of hydrogen-bond acceptors (Lipinski definition) is 3. The normalized spacial score (nSPS) is 32.6. The van der Waals surface area contributed by atoms with Crippen LogP contribution in [0.1, 0.15) is 39.0 Å². The Morgan fingerprint density at radius 1 is 1.20 bits per heavy atom. The molecule has 2 N–H and O–H groups in total. The quantitative estimate of drug-likeness (QED) is 0.854. The smallest absolute Gasteiger partial charge is 0.225 e. The van der Waals surface area contributed by atoms with E-state index in [2.05, 4.69) is 30.8 Å². The molecular weight excluding hydrogens is 250 g/mol. The molecular formula is C16H31N3O. The first kappa shape index (κ1) is 15.8. The molecule has 0 bridgehead atoms. The van der Waals surface area contributed by atoms with Gasteiger partial charge in [0.15, 0.2) is 0 Å². The monoisotopic (exact) mass is 281 g/mol. The highest BCUT2D eigenvalue weighted by atomic mass is 16.2. The van der Waals surface area contributed by atoms with Crippen LogP contribution < -0.4 is 5.73 Å². The fraction of sp³-hybridized carbons (Fsp3) is 0.938. The first-order chi connectivity index (χ1) is 9.45. The molecule has 4 heteroatoms. The second-order valence-corrected chi connectivity index (χ2v) is 7.30. The van der Waals surface area contributed by atoms with Crippen molar-refractivity contribution in [2.24, 2.45) is 23.5 Å². The van der Waals surface area contributed by atoms with Crippen LogP contribution in [0.5, 0.6) is 0 Å². The van der Waals surface area contributed by atoms with Crippen LogP contribution in [0.4, 0.5) is 0 Å². The molecule has 0 radical (unpaired) electrons. The van der Waals surface area contributed by atoms with Crippen LogP contribution in [0.15, 0.2) is 0 Å². The molecule has 4 nitrogen and oxygen atoms in total. The van der Waals surface area contributed by atoms with Gasteiger partial charge in [-0.15, -0.1) is 0 Å². The van der Waals surface area contributed by atoms with Gasteiger partial charge in [0.1, 0.15) is 0 Å². The lowest BCUT2D eigenvalue weighted by atomic mass is 9.79. The summed E-state index contributed by atoms with van der Waals surface area (Å²) in [4.78, 5) is 17.0. The highest BCUT2D eigenvalue weighted by molar-refractivity contribution is 5.79. The third kappa shape index (κ3) is 4.19. The zero-order valence-electron chi connectivity index (χ0n) is 13.3. The molecule has 3 unspecified atom stereocenters. The number of piperidine rings is 1. The number of nitrogens with zero attached hydrogens (tertiary/aromatic N) is 2. The van der Waals surface area contributed by atoms with Crippen molar-refractivity contribution in [3.8, 4) is 0 Å². The number of carbonyl (C=O) groups excluding carboxylic acids is 1. The fourth-order valence-corrected chi connectivity index (χ4v) is 3.97. The minimum Gasteiger partial charge on any atom is -0.342 e. The predicted molar refractivity (Wildman–Crippen MR) is 82.3 cm³/mol. The molecule has 1 aliphatic carbocycles. The van der Waals surface area contributed by atoms with Crippen molar-refractivity contribution >= 4 is 5.91 Å². The summed E-state index contributed by atoms with van der Waals surface area (Å²) >= 11 is 0. The molecule has 1 aliphatic heterocycles. The Labute approximate surface area is 123 Å². The van der Waals surface area contributed by atoms with E-state index in [1.165, 1.54) is 0 Å². The highest BCUT2D eigenvalue weighted by Gasteiger charge is 2.33. The van der Waals surface area contributed by atoms with Crippen LogP contribution in [0.3, 0.4) is 0 Å². The fourth-order valence-electron chi connectivity index (χ4n) is 3.97. The van der Waals surface area contributed by atoms with Gasteiger partial charge in [0.05, 0.1) is 0 Å². The van der Waals surface area contributed by atoms with Gasteiger partial charge in [-0.05, 0) is 58.0 Å². The van der Waals surface area contributed by atoms with E-state index in [0.29, 0.717) is 11.8 Å². The van der Waals surface area contributed by atoms with Gasteiger partial charge < -0.3 is 15.5 Å². The van der Waals surface area contributed by atoms with Crippen molar-refractivity contribution in [1.82, 2.24) is 9.80 Å². The van der Waals surface area contributed by atoms with Gasteiger partial charge >= 0.3 is 0 Å². The Bertz CT molecular complexity index is 314. The lowest BCUT2D eigenvalue weighted by Gasteiger charge is -2.38. The Kier molecular flexibility index (Phi) is 5.44. The van der Waals surface area contributed by atoms with Crippen LogP contribution in [0.25, 0.3) is 0 Å². The van der Waals surface area contributed by atoms with Gasteiger partial charge in [0.25, 0.3) is 0 Å². The van der Waals surface area contributed by atoms with E-state index in [-0.39, 0.29) is 12.0 Å². The molecule has 3 atom stereocenters. The number of hydrogen-bond donors (Lipinski definition) is 1. The minimum absolute atomic E-state index is 0.180. The summed E-state index contributed by atoms with van der Waals surface area (Å²) < 4.78 is 0. The number of carbonyl (C=O) groups is 1. The molecule has 1 saturated heterocycles. The summed E-state index contributed by atoms with van der Waals surface area (Å²) in [5.41, 5.74) is 6.08. The van der Waals surface area contributed by atoms with E-state index in [0.717, 1.165) is 57.7 Å². The van der Waals surface area contributed by atoms with Crippen molar-refractivity contribution in [1.29, 1.82) is 0 Å². The first-order valence-electron chi connectivity index (χ1n) is 8.14. The summed E-state index contributed by atoms with van der Waals surface area (Å²) in [6, 6.07) is 0.221. The molecule has 0 spiro atoms. The lowest BCUT2D eigenvalue weighted by Crippen LogP contribution is -2.46. The van der Waals surface area contributed by atoms with Crippen LogP contribution >= 0.6 is 0 Å². The van der Waals surface area contributed by atoms with Crippen LogP contribution in [0, 0.1) is 17.8 Å². The zero-order valence-corrected chi connectivity index (χ0v) is 13.3. The summed E-state index contributed by atoms with van der Waals surface area (Å²) in [5, 5.41) is 0. The lowest BCUT2D eigenvalue weighted by molar-refractivity contribution is -0.138. The molecule has 0 aromatic heterocycles. The van der Waals surface area contributed by atoms with Crippen molar-refractivity contribution in [2.45, 2.75) is 45.1 Å². The second kappa shape index (κ2) is 6.90. The van der Waals surface area contributed by atoms with Gasteiger partial charge in [-0.25, -0.2) is 0 Å². The van der Waals surface area contributed by atoms with Crippen molar-refractivity contribution in [3.05, 3.63) is 0 Å². The maximum absolute atomic E-state index is 12.6. The minimum atomic E-state index is 0.180. The second-order valence-electron chi connectivity index (χ2n) is 7.30. The summed E-state index contributed by atoms with van der Waals surface area (Å²) in [5.74, 6) is 1.90. The van der Waals surface area contributed by atoms with E-state index >= 15 is 0 Å². The summed E-state index contributed by atoms with van der Waals surface area (Å²) in [7, 11) is 4.25. The number of rotatable bonds is 3. The van der Waals surface area contributed by atoms with Crippen LogP contribution in [0.2, 0.25) is 0 Å². The van der Waals surface area contributed by atoms with Gasteiger partial charge in [0, 0.05) is 31.6 Å². The highest BCUT2D eigenvalue weighted by Crippen LogP contribution is 2.30. The zero-order chi connectivity index (χ0) is 14.7. The third-order valence-electron chi connectivity index (χ3n) is 4.88. The molecule has 1 heterocycles. The molecule has 20 heavy (non-hydrogen) atoms. The van der Waals surface area contributed by atoms with Gasteiger partial charge in [-0.2, -0.15) is 0 Å². The number of likely N-dealkylation sites (tertiary alicyclic amines) is 1. The van der Waals surface area contributed by atoms with E-state index in [9.17, 15) is 4.79 Å². The van der Waals surface area contributed by atoms with E-state index < -0.39 is 0 Å². The third-order valence-corrected chi connectivity index (χ3v) is 4.88. The Morgan fingerprint density at radius 2 is 1.85 bits per heavy atom. The van der Waals surface area contributed by atoms with Gasteiger partial charge in [-0.1, -0.05) is 6.92 Å². The summed E-state index contributed by atoms with van der Waals surface area (Å²) in [6.45, 7) is 5.25. The molecule has 0 aromatic rings. The average molecular weight is 281 g/mol. The van der Waals surface area contributed by atoms with E-state index in [1.807, 2.05) is 0 Å². The Morgan fingerprint density at radius 3 is 2.40 bits per heavy atom. The van der Waals surface area contributed by atoms with Crippen LogP contribution in [-0.2, 0) is 4.79 Å². The predicted octanol–water partition coefficient (Wildman–Crippen LogP) is 1.55. The standard InChI is InChI=1S/C16H31N3O/c1-12-8-14(10-15(17)9-12)16(20)19-6-4-13(5-7-19)11-18(2)3/h12-15H,4-11,17H2,1-3H3. The maximum Gasteiger partial charge on any atom is 0.225 e. The SMILES string of the molecule is CC1CC(N)CC(C(=O)N2CCC(CN(C)C)CC2)C1. The Balaban J connectivity index is 1.82. The first-order valence-corrected chi connectivity index (χ1v) is 8.14. The largest absolute Gasteiger partial charge is 0.342 e. The Hall–Kier alpha value is -0.610. The number of amides is 1. The van der Waals surface area contributed by atoms with Crippen LogP contribution in [-0.4, -0.2) is 55.5 Å². The van der Waals surface area contributed by atoms with Gasteiger partial charge in [-0.3, -0.25) is 4.79 Å². The average Bonchev–Trinajstić information content (AvgIpc) is 2.37. The van der Waals surface area contributed by atoms with Crippen molar-refractivity contribution in [2.75, 3.05) is 33.7 Å². The molecule has 0 aromatic carbocycles. The molecule has 2 aliphatic rings. The molecule has 1 amide bonds. The molecule has 116 valence electrons. The molecule has 2 fully saturated rings. The van der Waals surface area contributed by atoms with Crippen molar-refractivity contribution in [3.63, 3.8) is 0 Å². The molecule has 1 saturated carbocycles. The molecule has 2 rings (SSSR count). The van der Waals surface area contributed by atoms with Crippen molar-refractivity contribution < 1.29 is 4.79 Å². The van der Waals surface area contributed by atoms with Gasteiger partial charge in [0.2, 0.25) is 5.91 Å². The van der Waals surface area contributed by atoms with E-state index in [1.54, 1.807) is 0 Å². The number of nitrogens with two attached hydrogens (primary N) is 1. The summed E-state index contributed by atoms with van der Waals surface area (Å²) in [6.07, 6.45) is 5.30. The topological polar surface area (TPSA) is 49.6 Å². The maximum atomic E-state index is 12.6. The van der Waals surface area contributed by atoms with E-state index in [4.69, 9.17) is 5.73 Å².